The van der Waals surface area contributed by atoms with Crippen molar-refractivity contribution in [2.45, 2.75) is 25.7 Å². The van der Waals surface area contributed by atoms with Crippen LogP contribution in [0.5, 0.6) is 0 Å². The van der Waals surface area contributed by atoms with E-state index in [9.17, 15) is 4.79 Å². The Morgan fingerprint density at radius 1 is 1.00 bits per heavy atom. The molecule has 0 spiro atoms. The standard InChI is InChI=1S/C12H20N2O/c15-12-6-5-11-14(12)10-4-3-9-13-7-1-2-8-13/h3-4H,1-2,5-11H2/b4-3+. The number of rotatable bonds is 4. The smallest absolute Gasteiger partial charge is 0.222 e. The van der Waals surface area contributed by atoms with Crippen LogP contribution in [0.1, 0.15) is 25.7 Å². The van der Waals surface area contributed by atoms with Crippen LogP contribution in [0.3, 0.4) is 0 Å². The van der Waals surface area contributed by atoms with Crippen molar-refractivity contribution in [3.05, 3.63) is 12.2 Å². The van der Waals surface area contributed by atoms with Crippen LogP contribution in [0.2, 0.25) is 0 Å². The van der Waals surface area contributed by atoms with Gasteiger partial charge in [0.05, 0.1) is 0 Å². The van der Waals surface area contributed by atoms with E-state index in [1.165, 1.54) is 25.9 Å². The lowest BCUT2D eigenvalue weighted by Crippen LogP contribution is -2.25. The maximum atomic E-state index is 11.3. The van der Waals surface area contributed by atoms with Crippen molar-refractivity contribution in [3.8, 4) is 0 Å². The summed E-state index contributed by atoms with van der Waals surface area (Å²) in [6, 6.07) is 0. The van der Waals surface area contributed by atoms with Crippen LogP contribution >= 0.6 is 0 Å². The fourth-order valence-corrected chi connectivity index (χ4v) is 2.29. The monoisotopic (exact) mass is 208 g/mol. The van der Waals surface area contributed by atoms with E-state index in [2.05, 4.69) is 17.1 Å². The van der Waals surface area contributed by atoms with Crippen LogP contribution in [0.15, 0.2) is 12.2 Å². The van der Waals surface area contributed by atoms with Gasteiger partial charge < -0.3 is 4.90 Å². The predicted molar refractivity (Wildman–Crippen MR) is 60.6 cm³/mol. The predicted octanol–water partition coefficient (Wildman–Crippen LogP) is 1.26. The van der Waals surface area contributed by atoms with Crippen LogP contribution in [0, 0.1) is 0 Å². The molecule has 0 aromatic carbocycles. The largest absolute Gasteiger partial charge is 0.339 e. The fourth-order valence-electron chi connectivity index (χ4n) is 2.29. The summed E-state index contributed by atoms with van der Waals surface area (Å²) in [6.45, 7) is 5.31. The van der Waals surface area contributed by atoms with Crippen molar-refractivity contribution in [2.24, 2.45) is 0 Å². The zero-order chi connectivity index (χ0) is 10.5. The fraction of sp³-hybridized carbons (Fsp3) is 0.750. The zero-order valence-corrected chi connectivity index (χ0v) is 9.32. The van der Waals surface area contributed by atoms with E-state index >= 15 is 0 Å². The third-order valence-electron chi connectivity index (χ3n) is 3.23. The molecule has 2 fully saturated rings. The van der Waals surface area contributed by atoms with Gasteiger partial charge in [-0.1, -0.05) is 12.2 Å². The van der Waals surface area contributed by atoms with E-state index in [1.807, 2.05) is 4.90 Å². The normalized spacial score (nSPS) is 23.5. The van der Waals surface area contributed by atoms with E-state index in [1.54, 1.807) is 0 Å². The van der Waals surface area contributed by atoms with Gasteiger partial charge in [-0.05, 0) is 32.4 Å². The lowest BCUT2D eigenvalue weighted by Gasteiger charge is -2.13. The highest BCUT2D eigenvalue weighted by atomic mass is 16.2. The second-order valence-corrected chi connectivity index (χ2v) is 4.42. The van der Waals surface area contributed by atoms with E-state index in [0.717, 1.165) is 32.5 Å². The first-order chi connectivity index (χ1) is 7.36. The van der Waals surface area contributed by atoms with Gasteiger partial charge >= 0.3 is 0 Å². The van der Waals surface area contributed by atoms with Gasteiger partial charge in [-0.15, -0.1) is 0 Å². The molecule has 2 heterocycles. The summed E-state index contributed by atoms with van der Waals surface area (Å²) in [6.07, 6.45) is 8.83. The number of hydrogen-bond acceptors (Lipinski definition) is 2. The Balaban J connectivity index is 1.63. The van der Waals surface area contributed by atoms with Crippen molar-refractivity contribution in [1.29, 1.82) is 0 Å². The molecule has 2 saturated heterocycles. The zero-order valence-electron chi connectivity index (χ0n) is 9.32. The summed E-state index contributed by atoms with van der Waals surface area (Å²) >= 11 is 0. The summed E-state index contributed by atoms with van der Waals surface area (Å²) in [5, 5.41) is 0. The molecule has 0 unspecified atom stereocenters. The van der Waals surface area contributed by atoms with E-state index in [0.29, 0.717) is 5.91 Å². The number of carbonyl (C=O) groups excluding carboxylic acids is 1. The molecule has 84 valence electrons. The minimum absolute atomic E-state index is 0.320. The second kappa shape index (κ2) is 5.31. The number of hydrogen-bond donors (Lipinski definition) is 0. The second-order valence-electron chi connectivity index (χ2n) is 4.42. The summed E-state index contributed by atoms with van der Waals surface area (Å²) in [7, 11) is 0. The molecule has 2 rings (SSSR count). The van der Waals surface area contributed by atoms with E-state index in [4.69, 9.17) is 0 Å². The van der Waals surface area contributed by atoms with Gasteiger partial charge in [0, 0.05) is 26.1 Å². The molecule has 0 atom stereocenters. The third kappa shape index (κ3) is 3.06. The van der Waals surface area contributed by atoms with E-state index < -0.39 is 0 Å². The van der Waals surface area contributed by atoms with Crippen molar-refractivity contribution in [3.63, 3.8) is 0 Å². The first-order valence-corrected chi connectivity index (χ1v) is 6.01. The molecule has 2 aliphatic rings. The Labute approximate surface area is 91.7 Å². The third-order valence-corrected chi connectivity index (χ3v) is 3.23. The quantitative estimate of drug-likeness (QED) is 0.649. The molecule has 1 amide bonds. The number of likely N-dealkylation sites (tertiary alicyclic amines) is 2. The van der Waals surface area contributed by atoms with Crippen molar-refractivity contribution >= 4 is 5.91 Å². The average Bonchev–Trinajstić information content (AvgIpc) is 2.85. The minimum atomic E-state index is 0.320. The maximum Gasteiger partial charge on any atom is 0.222 e. The van der Waals surface area contributed by atoms with Gasteiger partial charge in [0.1, 0.15) is 0 Å². The molecule has 2 aliphatic heterocycles. The van der Waals surface area contributed by atoms with Gasteiger partial charge in [0.25, 0.3) is 0 Å². The summed E-state index contributed by atoms with van der Waals surface area (Å²) in [4.78, 5) is 15.7. The highest BCUT2D eigenvalue weighted by Gasteiger charge is 2.18. The van der Waals surface area contributed by atoms with Gasteiger partial charge in [0.2, 0.25) is 5.91 Å². The van der Waals surface area contributed by atoms with E-state index in [-0.39, 0.29) is 0 Å². The maximum absolute atomic E-state index is 11.3. The molecule has 0 N–H and O–H groups in total. The average molecular weight is 208 g/mol. The first-order valence-electron chi connectivity index (χ1n) is 6.01. The highest BCUT2D eigenvalue weighted by molar-refractivity contribution is 5.78. The molecular formula is C12H20N2O. The molecule has 0 aromatic rings. The van der Waals surface area contributed by atoms with Gasteiger partial charge in [-0.25, -0.2) is 0 Å². The highest BCUT2D eigenvalue weighted by Crippen LogP contribution is 2.09. The molecule has 0 bridgehead atoms. The Morgan fingerprint density at radius 2 is 1.73 bits per heavy atom. The molecular weight excluding hydrogens is 188 g/mol. The van der Waals surface area contributed by atoms with Crippen LogP contribution < -0.4 is 0 Å². The van der Waals surface area contributed by atoms with Gasteiger partial charge in [0.15, 0.2) is 0 Å². The molecule has 0 saturated carbocycles. The van der Waals surface area contributed by atoms with Gasteiger partial charge in [-0.2, -0.15) is 0 Å². The molecule has 0 radical (unpaired) electrons. The Morgan fingerprint density at radius 3 is 2.40 bits per heavy atom. The van der Waals surface area contributed by atoms with Crippen molar-refractivity contribution < 1.29 is 4.79 Å². The topological polar surface area (TPSA) is 23.6 Å². The van der Waals surface area contributed by atoms with Crippen LogP contribution in [-0.4, -0.2) is 48.4 Å². The molecule has 15 heavy (non-hydrogen) atoms. The SMILES string of the molecule is O=C1CCCN1C/C=C/CN1CCCC1. The number of nitrogens with zero attached hydrogens (tertiary/aromatic N) is 2. The Hall–Kier alpha value is -0.830. The lowest BCUT2D eigenvalue weighted by atomic mass is 10.4. The number of amides is 1. The number of carbonyl (C=O) groups is 1. The molecule has 0 aromatic heterocycles. The van der Waals surface area contributed by atoms with Crippen LogP contribution in [-0.2, 0) is 4.79 Å². The molecule has 3 heteroatoms. The molecule has 0 aliphatic carbocycles. The Bertz CT molecular complexity index is 244. The lowest BCUT2D eigenvalue weighted by molar-refractivity contribution is -0.127. The van der Waals surface area contributed by atoms with Crippen molar-refractivity contribution in [2.75, 3.05) is 32.7 Å². The van der Waals surface area contributed by atoms with Crippen LogP contribution in [0.4, 0.5) is 0 Å². The summed E-state index contributed by atoms with van der Waals surface area (Å²) in [5.74, 6) is 0.320. The van der Waals surface area contributed by atoms with Crippen molar-refractivity contribution in [1.82, 2.24) is 9.80 Å². The summed E-state index contributed by atoms with van der Waals surface area (Å²) < 4.78 is 0. The summed E-state index contributed by atoms with van der Waals surface area (Å²) in [5.41, 5.74) is 0. The minimum Gasteiger partial charge on any atom is -0.339 e. The van der Waals surface area contributed by atoms with Gasteiger partial charge in [-0.3, -0.25) is 9.69 Å². The molecule has 3 nitrogen and oxygen atoms in total. The Kier molecular flexibility index (Phi) is 3.78. The van der Waals surface area contributed by atoms with Crippen LogP contribution in [0.25, 0.3) is 0 Å². The first kappa shape index (κ1) is 10.7.